The molecule has 21 heavy (non-hydrogen) atoms. The van der Waals surface area contributed by atoms with Crippen LogP contribution in [0.2, 0.25) is 0 Å². The molecule has 0 amide bonds. The Morgan fingerprint density at radius 1 is 1.33 bits per heavy atom. The van der Waals surface area contributed by atoms with Crippen LogP contribution in [0.25, 0.3) is 0 Å². The van der Waals surface area contributed by atoms with Crippen LogP contribution in [0.1, 0.15) is 59.3 Å². The average Bonchev–Trinajstić information content (AvgIpc) is 2.34. The minimum atomic E-state index is -0.508. The highest BCUT2D eigenvalue weighted by Crippen LogP contribution is 2.45. The van der Waals surface area contributed by atoms with Crippen LogP contribution in [0.15, 0.2) is 35.5 Å². The van der Waals surface area contributed by atoms with Crippen molar-refractivity contribution in [1.29, 1.82) is 0 Å². The molecule has 0 aromatic heterocycles. The van der Waals surface area contributed by atoms with Gasteiger partial charge in [0.2, 0.25) is 0 Å². The zero-order valence-corrected chi connectivity index (χ0v) is 13.6. The molecule has 2 aliphatic carbocycles. The molecule has 2 atom stereocenters. The molecule has 1 N–H and O–H groups in total. The fourth-order valence-electron chi connectivity index (χ4n) is 3.82. The minimum absolute atomic E-state index is 0.0479. The predicted octanol–water partition coefficient (Wildman–Crippen LogP) is 4.36. The number of ketones is 1. The molecule has 116 valence electrons. The first-order chi connectivity index (χ1) is 9.80. The highest BCUT2D eigenvalue weighted by Gasteiger charge is 2.38. The fourth-order valence-corrected chi connectivity index (χ4v) is 3.82. The number of carbonyl (C=O) groups excluding carboxylic acids is 1. The Kier molecular flexibility index (Phi) is 4.88. The normalized spacial score (nSPS) is 33.3. The molecule has 0 radical (unpaired) electrons. The molecule has 2 aliphatic rings. The van der Waals surface area contributed by atoms with Crippen LogP contribution in [0.5, 0.6) is 0 Å². The van der Waals surface area contributed by atoms with E-state index in [1.165, 1.54) is 0 Å². The van der Waals surface area contributed by atoms with Gasteiger partial charge in [0, 0.05) is 6.42 Å². The van der Waals surface area contributed by atoms with E-state index in [4.69, 9.17) is 0 Å². The lowest BCUT2D eigenvalue weighted by molar-refractivity contribution is -0.116. The first-order valence-corrected chi connectivity index (χ1v) is 8.06. The number of hydrogen-bond donors (Lipinski definition) is 1. The van der Waals surface area contributed by atoms with Crippen molar-refractivity contribution in [3.8, 4) is 0 Å². The standard InChI is InChI=1S/C19H28O2/c1-13-8-9-15-6-5-7-17(19(15,3)4)18(21)12-14(2)11-16(20)10-13/h7,11,15-16,20H,1,5-6,8-10,12H2,2-4H3/b14-11+. The molecule has 2 rings (SSSR count). The molecule has 0 fully saturated rings. The van der Waals surface area contributed by atoms with Crippen molar-refractivity contribution >= 4 is 5.78 Å². The molecule has 0 saturated carbocycles. The van der Waals surface area contributed by atoms with Crippen LogP contribution >= 0.6 is 0 Å². The Morgan fingerprint density at radius 2 is 2.05 bits per heavy atom. The highest BCUT2D eigenvalue weighted by atomic mass is 16.3. The summed E-state index contributed by atoms with van der Waals surface area (Å²) in [6, 6.07) is 0. The van der Waals surface area contributed by atoms with Crippen LogP contribution in [0, 0.1) is 11.3 Å². The second-order valence-electron chi connectivity index (χ2n) is 7.29. The first-order valence-electron chi connectivity index (χ1n) is 8.06. The van der Waals surface area contributed by atoms with Gasteiger partial charge < -0.3 is 5.11 Å². The van der Waals surface area contributed by atoms with Crippen molar-refractivity contribution in [1.82, 2.24) is 0 Å². The van der Waals surface area contributed by atoms with Crippen LogP contribution in [-0.2, 0) is 4.79 Å². The number of aliphatic hydroxyl groups excluding tert-OH is 1. The van der Waals surface area contributed by atoms with Gasteiger partial charge in [0.25, 0.3) is 0 Å². The molecule has 0 aromatic rings. The zero-order valence-electron chi connectivity index (χ0n) is 13.6. The van der Waals surface area contributed by atoms with Crippen LogP contribution < -0.4 is 0 Å². The molecular weight excluding hydrogens is 260 g/mol. The second-order valence-corrected chi connectivity index (χ2v) is 7.29. The first kappa shape index (κ1) is 16.2. The van der Waals surface area contributed by atoms with Crippen LogP contribution in [0.3, 0.4) is 0 Å². The van der Waals surface area contributed by atoms with Gasteiger partial charge in [0.1, 0.15) is 0 Å². The summed E-state index contributed by atoms with van der Waals surface area (Å²) in [6.45, 7) is 10.5. The lowest BCUT2D eigenvalue weighted by Crippen LogP contribution is -2.33. The van der Waals surface area contributed by atoms with Gasteiger partial charge in [0.15, 0.2) is 5.78 Å². The Bertz CT molecular complexity index is 494. The molecular formula is C19H28O2. The number of hydrogen-bond acceptors (Lipinski definition) is 2. The Labute approximate surface area is 128 Å². The molecule has 2 heteroatoms. The lowest BCUT2D eigenvalue weighted by Gasteiger charge is -2.40. The van der Waals surface area contributed by atoms with Crippen molar-refractivity contribution in [2.75, 3.05) is 0 Å². The Hall–Kier alpha value is -1.15. The van der Waals surface area contributed by atoms with Crippen molar-refractivity contribution in [3.05, 3.63) is 35.5 Å². The van der Waals surface area contributed by atoms with Crippen molar-refractivity contribution in [2.45, 2.75) is 65.4 Å². The van der Waals surface area contributed by atoms with E-state index in [9.17, 15) is 9.90 Å². The minimum Gasteiger partial charge on any atom is -0.389 e. The summed E-state index contributed by atoms with van der Waals surface area (Å²) < 4.78 is 0. The molecule has 0 heterocycles. The summed E-state index contributed by atoms with van der Waals surface area (Å²) in [5, 5.41) is 10.1. The topological polar surface area (TPSA) is 37.3 Å². The van der Waals surface area contributed by atoms with Gasteiger partial charge in [-0.25, -0.2) is 0 Å². The molecule has 0 spiro atoms. The van der Waals surface area contributed by atoms with Crippen LogP contribution in [-0.4, -0.2) is 17.0 Å². The van der Waals surface area contributed by atoms with E-state index < -0.39 is 6.10 Å². The van der Waals surface area contributed by atoms with E-state index >= 15 is 0 Å². The Balaban J connectivity index is 2.34. The predicted molar refractivity (Wildman–Crippen MR) is 87.0 cm³/mol. The van der Waals surface area contributed by atoms with E-state index in [0.717, 1.165) is 42.4 Å². The molecule has 2 bridgehead atoms. The van der Waals surface area contributed by atoms with E-state index in [0.29, 0.717) is 18.8 Å². The van der Waals surface area contributed by atoms with Gasteiger partial charge >= 0.3 is 0 Å². The van der Waals surface area contributed by atoms with Gasteiger partial charge in [-0.05, 0) is 55.9 Å². The summed E-state index contributed by atoms with van der Waals surface area (Å²) in [7, 11) is 0. The molecule has 0 aromatic carbocycles. The maximum absolute atomic E-state index is 12.6. The zero-order chi connectivity index (χ0) is 15.6. The smallest absolute Gasteiger partial charge is 0.163 e. The van der Waals surface area contributed by atoms with Gasteiger partial charge in [-0.2, -0.15) is 0 Å². The van der Waals surface area contributed by atoms with Crippen molar-refractivity contribution in [2.24, 2.45) is 11.3 Å². The third-order valence-corrected chi connectivity index (χ3v) is 5.14. The van der Waals surface area contributed by atoms with E-state index in [-0.39, 0.29) is 11.2 Å². The Morgan fingerprint density at radius 3 is 2.76 bits per heavy atom. The third kappa shape index (κ3) is 3.74. The summed E-state index contributed by atoms with van der Waals surface area (Å²) >= 11 is 0. The largest absolute Gasteiger partial charge is 0.389 e. The number of allylic oxidation sites excluding steroid dienone is 3. The lowest BCUT2D eigenvalue weighted by atomic mass is 9.64. The molecule has 2 unspecified atom stereocenters. The van der Waals surface area contributed by atoms with Gasteiger partial charge in [-0.1, -0.05) is 43.7 Å². The highest BCUT2D eigenvalue weighted by molar-refractivity contribution is 5.98. The maximum Gasteiger partial charge on any atom is 0.163 e. The summed E-state index contributed by atoms with van der Waals surface area (Å²) in [5.41, 5.74) is 3.02. The molecule has 2 nitrogen and oxygen atoms in total. The number of aliphatic hydroxyl groups is 1. The van der Waals surface area contributed by atoms with Gasteiger partial charge in [-0.3, -0.25) is 4.79 Å². The number of Topliss-reactive ketones (excluding diaryl/α,β-unsaturated/α-hetero) is 1. The number of fused-ring (bicyclic) bond motifs is 2. The van der Waals surface area contributed by atoms with Crippen molar-refractivity contribution in [3.63, 3.8) is 0 Å². The number of carbonyl (C=O) groups is 1. The summed E-state index contributed by atoms with van der Waals surface area (Å²) in [4.78, 5) is 12.6. The second kappa shape index (κ2) is 6.31. The molecule has 0 saturated heterocycles. The van der Waals surface area contributed by atoms with Crippen LogP contribution in [0.4, 0.5) is 0 Å². The van der Waals surface area contributed by atoms with Gasteiger partial charge in [0.05, 0.1) is 6.10 Å². The maximum atomic E-state index is 12.6. The van der Waals surface area contributed by atoms with Gasteiger partial charge in [-0.15, -0.1) is 0 Å². The van der Waals surface area contributed by atoms with Crippen molar-refractivity contribution < 1.29 is 9.90 Å². The van der Waals surface area contributed by atoms with E-state index in [2.05, 4.69) is 26.5 Å². The quantitative estimate of drug-likeness (QED) is 0.673. The summed E-state index contributed by atoms with van der Waals surface area (Å²) in [6.07, 6.45) is 8.65. The van der Waals surface area contributed by atoms with E-state index in [1.54, 1.807) is 0 Å². The average molecular weight is 288 g/mol. The fraction of sp³-hybridized carbons (Fsp3) is 0.632. The monoisotopic (exact) mass is 288 g/mol. The summed E-state index contributed by atoms with van der Waals surface area (Å²) in [5.74, 6) is 0.754. The third-order valence-electron chi connectivity index (χ3n) is 5.14. The SMILES string of the molecule is C=C1CCC2CCC=C(C(=O)C/C(C)=C/C(O)C1)C2(C)C. The number of rotatable bonds is 0. The molecule has 0 aliphatic heterocycles. The van der Waals surface area contributed by atoms with E-state index in [1.807, 2.05) is 13.0 Å².